The summed E-state index contributed by atoms with van der Waals surface area (Å²) in [4.78, 5) is 17.9. The number of rotatable bonds is 2. The molecule has 19 heavy (non-hydrogen) atoms. The van der Waals surface area contributed by atoms with Crippen molar-refractivity contribution in [3.8, 4) is 0 Å². The summed E-state index contributed by atoms with van der Waals surface area (Å²) in [6.07, 6.45) is 4.96. The van der Waals surface area contributed by atoms with Crippen LogP contribution in [0.4, 0.5) is 0 Å². The predicted octanol–water partition coefficient (Wildman–Crippen LogP) is 3.21. The van der Waals surface area contributed by atoms with E-state index in [2.05, 4.69) is 20.8 Å². The monoisotopic (exact) mass is 342 g/mol. The van der Waals surface area contributed by atoms with Gasteiger partial charge in [0.1, 0.15) is 4.88 Å². The van der Waals surface area contributed by atoms with Gasteiger partial charge in [0, 0.05) is 23.6 Å². The first kappa shape index (κ1) is 13.6. The first-order valence-electron chi connectivity index (χ1n) is 7.02. The fraction of sp³-hybridized carbons (Fsp3) is 0.643. The summed E-state index contributed by atoms with van der Waals surface area (Å²) < 4.78 is 0.934. The quantitative estimate of drug-likeness (QED) is 0.823. The maximum atomic E-state index is 12.4. The standard InChI is InChI=1S/C14H19BrN2OS/c15-12-5-10-19-13(12)14(18)17-8-3-11(4-9-17)16-6-1-2-7-16/h5,10-11H,1-4,6-9H2. The first-order valence-corrected chi connectivity index (χ1v) is 8.69. The van der Waals surface area contributed by atoms with Crippen LogP contribution in [-0.4, -0.2) is 47.9 Å². The Bertz CT molecular complexity index is 448. The van der Waals surface area contributed by atoms with Crippen molar-refractivity contribution < 1.29 is 4.79 Å². The molecule has 2 saturated heterocycles. The largest absolute Gasteiger partial charge is 0.338 e. The molecule has 0 aliphatic carbocycles. The zero-order chi connectivity index (χ0) is 13.2. The SMILES string of the molecule is O=C(c1sccc1Br)N1CCC(N2CCCC2)CC1. The fourth-order valence-corrected chi connectivity index (χ4v) is 4.64. The van der Waals surface area contributed by atoms with E-state index in [4.69, 9.17) is 0 Å². The summed E-state index contributed by atoms with van der Waals surface area (Å²) in [5.41, 5.74) is 0. The van der Waals surface area contributed by atoms with Crippen LogP contribution in [0.3, 0.4) is 0 Å². The number of likely N-dealkylation sites (tertiary alicyclic amines) is 2. The number of piperidine rings is 1. The second-order valence-corrected chi connectivity index (χ2v) is 7.13. The van der Waals surface area contributed by atoms with Gasteiger partial charge in [-0.05, 0) is 66.1 Å². The van der Waals surface area contributed by atoms with Gasteiger partial charge in [-0.25, -0.2) is 0 Å². The Hall–Kier alpha value is -0.390. The molecule has 0 spiro atoms. The number of amides is 1. The second kappa shape index (κ2) is 5.94. The number of hydrogen-bond donors (Lipinski definition) is 0. The lowest BCUT2D eigenvalue weighted by molar-refractivity contribution is 0.0648. The summed E-state index contributed by atoms with van der Waals surface area (Å²) in [5, 5.41) is 1.97. The van der Waals surface area contributed by atoms with Crippen molar-refractivity contribution in [3.05, 3.63) is 20.8 Å². The average Bonchev–Trinajstić information content (AvgIpc) is 3.09. The molecule has 2 aliphatic heterocycles. The van der Waals surface area contributed by atoms with Crippen molar-refractivity contribution in [1.29, 1.82) is 0 Å². The van der Waals surface area contributed by atoms with Gasteiger partial charge in [0.05, 0.1) is 0 Å². The Morgan fingerprint density at radius 1 is 1.21 bits per heavy atom. The van der Waals surface area contributed by atoms with E-state index in [1.54, 1.807) is 0 Å². The van der Waals surface area contributed by atoms with Crippen molar-refractivity contribution in [2.24, 2.45) is 0 Å². The molecule has 1 aromatic heterocycles. The van der Waals surface area contributed by atoms with Crippen molar-refractivity contribution >= 4 is 33.2 Å². The molecule has 0 radical (unpaired) electrons. The van der Waals surface area contributed by atoms with Gasteiger partial charge in [-0.2, -0.15) is 0 Å². The first-order chi connectivity index (χ1) is 9.25. The van der Waals surface area contributed by atoms with Crippen LogP contribution in [0.25, 0.3) is 0 Å². The number of hydrogen-bond acceptors (Lipinski definition) is 3. The van der Waals surface area contributed by atoms with Crippen molar-refractivity contribution in [2.75, 3.05) is 26.2 Å². The maximum Gasteiger partial charge on any atom is 0.265 e. The topological polar surface area (TPSA) is 23.6 Å². The van der Waals surface area contributed by atoms with Crippen LogP contribution in [0.2, 0.25) is 0 Å². The average molecular weight is 343 g/mol. The van der Waals surface area contributed by atoms with Gasteiger partial charge in [-0.1, -0.05) is 0 Å². The van der Waals surface area contributed by atoms with Crippen LogP contribution >= 0.6 is 27.3 Å². The lowest BCUT2D eigenvalue weighted by Gasteiger charge is -2.36. The van der Waals surface area contributed by atoms with E-state index >= 15 is 0 Å². The molecule has 104 valence electrons. The Kier molecular flexibility index (Phi) is 4.24. The Morgan fingerprint density at radius 2 is 1.89 bits per heavy atom. The minimum atomic E-state index is 0.196. The molecular weight excluding hydrogens is 324 g/mol. The third kappa shape index (κ3) is 2.88. The van der Waals surface area contributed by atoms with E-state index < -0.39 is 0 Å². The molecule has 0 N–H and O–H groups in total. The normalized spacial score (nSPS) is 22.1. The van der Waals surface area contributed by atoms with Gasteiger partial charge in [0.15, 0.2) is 0 Å². The predicted molar refractivity (Wildman–Crippen MR) is 81.8 cm³/mol. The molecule has 5 heteroatoms. The molecule has 0 aromatic carbocycles. The number of carbonyl (C=O) groups is 1. The van der Waals surface area contributed by atoms with E-state index in [1.165, 1.54) is 37.3 Å². The molecule has 3 nitrogen and oxygen atoms in total. The highest BCUT2D eigenvalue weighted by Crippen LogP contribution is 2.27. The number of halogens is 1. The lowest BCUT2D eigenvalue weighted by Crippen LogP contribution is -2.45. The zero-order valence-electron chi connectivity index (χ0n) is 11.0. The third-order valence-electron chi connectivity index (χ3n) is 4.22. The molecule has 3 heterocycles. The highest BCUT2D eigenvalue weighted by atomic mass is 79.9. The second-order valence-electron chi connectivity index (χ2n) is 5.36. The minimum Gasteiger partial charge on any atom is -0.338 e. The van der Waals surface area contributed by atoms with Gasteiger partial charge in [0.2, 0.25) is 0 Å². The van der Waals surface area contributed by atoms with E-state index in [0.29, 0.717) is 6.04 Å². The summed E-state index contributed by atoms with van der Waals surface area (Å²) in [7, 11) is 0. The van der Waals surface area contributed by atoms with Crippen LogP contribution in [0.15, 0.2) is 15.9 Å². The highest BCUT2D eigenvalue weighted by molar-refractivity contribution is 9.10. The molecule has 2 fully saturated rings. The number of nitrogens with zero attached hydrogens (tertiary/aromatic N) is 2. The van der Waals surface area contributed by atoms with E-state index in [0.717, 1.165) is 35.3 Å². The van der Waals surface area contributed by atoms with Crippen LogP contribution in [0.1, 0.15) is 35.4 Å². The number of thiophene rings is 1. The van der Waals surface area contributed by atoms with Gasteiger partial charge in [0.25, 0.3) is 5.91 Å². The zero-order valence-corrected chi connectivity index (χ0v) is 13.4. The molecule has 1 amide bonds. The molecule has 0 bridgehead atoms. The van der Waals surface area contributed by atoms with Crippen molar-refractivity contribution in [3.63, 3.8) is 0 Å². The molecule has 0 saturated carbocycles. The lowest BCUT2D eigenvalue weighted by atomic mass is 10.0. The number of carbonyl (C=O) groups excluding carboxylic acids is 1. The third-order valence-corrected chi connectivity index (χ3v) is 6.05. The summed E-state index contributed by atoms with van der Waals surface area (Å²) in [5.74, 6) is 0.196. The van der Waals surface area contributed by atoms with Crippen LogP contribution < -0.4 is 0 Å². The molecule has 1 aromatic rings. The minimum absolute atomic E-state index is 0.196. The van der Waals surface area contributed by atoms with Gasteiger partial charge in [-0.15, -0.1) is 11.3 Å². The Labute approximate surface area is 126 Å². The van der Waals surface area contributed by atoms with E-state index in [9.17, 15) is 4.79 Å². The molecule has 0 atom stereocenters. The van der Waals surface area contributed by atoms with Crippen LogP contribution in [0, 0.1) is 0 Å². The van der Waals surface area contributed by atoms with E-state index in [-0.39, 0.29) is 5.91 Å². The van der Waals surface area contributed by atoms with Gasteiger partial charge >= 0.3 is 0 Å². The molecule has 0 unspecified atom stereocenters. The van der Waals surface area contributed by atoms with Crippen LogP contribution in [-0.2, 0) is 0 Å². The highest BCUT2D eigenvalue weighted by Gasteiger charge is 2.29. The van der Waals surface area contributed by atoms with Crippen molar-refractivity contribution in [2.45, 2.75) is 31.7 Å². The Morgan fingerprint density at radius 3 is 2.47 bits per heavy atom. The fourth-order valence-electron chi connectivity index (χ4n) is 3.13. The smallest absolute Gasteiger partial charge is 0.265 e. The summed E-state index contributed by atoms with van der Waals surface area (Å²) >= 11 is 4.98. The summed E-state index contributed by atoms with van der Waals surface area (Å²) in [6, 6.07) is 2.66. The molecule has 2 aliphatic rings. The van der Waals surface area contributed by atoms with Gasteiger partial charge < -0.3 is 9.80 Å². The Balaban J connectivity index is 1.58. The van der Waals surface area contributed by atoms with Crippen molar-refractivity contribution in [1.82, 2.24) is 9.80 Å². The van der Waals surface area contributed by atoms with Crippen LogP contribution in [0.5, 0.6) is 0 Å². The molecule has 3 rings (SSSR count). The summed E-state index contributed by atoms with van der Waals surface area (Å²) in [6.45, 7) is 4.33. The molecular formula is C14H19BrN2OS. The van der Waals surface area contributed by atoms with E-state index in [1.807, 2.05) is 16.3 Å². The van der Waals surface area contributed by atoms with Gasteiger partial charge in [-0.3, -0.25) is 4.79 Å². The maximum absolute atomic E-state index is 12.4.